The van der Waals surface area contributed by atoms with Crippen LogP contribution >= 0.6 is 0 Å². The second-order valence-electron chi connectivity index (χ2n) is 5.39. The van der Waals surface area contributed by atoms with Gasteiger partial charge in [0.2, 0.25) is 0 Å². The minimum atomic E-state index is 0.592. The van der Waals surface area contributed by atoms with Gasteiger partial charge in [-0.15, -0.1) is 0 Å². The SMILES string of the molecule is CCC(C)CN(C)c1cc(NC)nc(C2CC2)n1. The first kappa shape index (κ1) is 13.1. The molecule has 2 rings (SSSR count). The molecule has 100 valence electrons. The summed E-state index contributed by atoms with van der Waals surface area (Å²) >= 11 is 0. The first-order valence-electron chi connectivity index (χ1n) is 6.91. The number of aromatic nitrogens is 2. The van der Waals surface area contributed by atoms with Crippen molar-refractivity contribution in [2.75, 3.05) is 30.9 Å². The Hall–Kier alpha value is -1.32. The van der Waals surface area contributed by atoms with Gasteiger partial charge in [0.15, 0.2) is 0 Å². The molecule has 0 aliphatic heterocycles. The maximum Gasteiger partial charge on any atom is 0.136 e. The van der Waals surface area contributed by atoms with E-state index in [2.05, 4.69) is 36.1 Å². The van der Waals surface area contributed by atoms with Gasteiger partial charge < -0.3 is 10.2 Å². The highest BCUT2D eigenvalue weighted by molar-refractivity contribution is 5.49. The Balaban J connectivity index is 2.17. The lowest BCUT2D eigenvalue weighted by Gasteiger charge is -2.22. The summed E-state index contributed by atoms with van der Waals surface area (Å²) in [6, 6.07) is 2.04. The Kier molecular flexibility index (Phi) is 4.04. The minimum absolute atomic E-state index is 0.592. The van der Waals surface area contributed by atoms with Gasteiger partial charge >= 0.3 is 0 Å². The van der Waals surface area contributed by atoms with Gasteiger partial charge in [-0.05, 0) is 18.8 Å². The predicted octanol–water partition coefficient (Wildman–Crippen LogP) is 2.88. The fraction of sp³-hybridized carbons (Fsp3) is 0.714. The van der Waals surface area contributed by atoms with Crippen molar-refractivity contribution < 1.29 is 0 Å². The second kappa shape index (κ2) is 5.55. The van der Waals surface area contributed by atoms with E-state index < -0.39 is 0 Å². The van der Waals surface area contributed by atoms with Gasteiger partial charge in [-0.1, -0.05) is 20.3 Å². The van der Waals surface area contributed by atoms with Crippen molar-refractivity contribution >= 4 is 11.6 Å². The molecule has 1 aromatic heterocycles. The average molecular weight is 248 g/mol. The number of anilines is 2. The number of rotatable bonds is 6. The molecule has 0 radical (unpaired) electrons. The maximum atomic E-state index is 4.71. The van der Waals surface area contributed by atoms with E-state index >= 15 is 0 Å². The monoisotopic (exact) mass is 248 g/mol. The van der Waals surface area contributed by atoms with Crippen LogP contribution in [0.1, 0.15) is 44.9 Å². The molecule has 0 saturated heterocycles. The summed E-state index contributed by atoms with van der Waals surface area (Å²) in [5.41, 5.74) is 0. The van der Waals surface area contributed by atoms with Crippen molar-refractivity contribution in [2.45, 2.75) is 39.0 Å². The van der Waals surface area contributed by atoms with Gasteiger partial charge in [0, 0.05) is 32.6 Å². The second-order valence-corrected chi connectivity index (χ2v) is 5.39. The lowest BCUT2D eigenvalue weighted by atomic mass is 10.1. The molecular weight excluding hydrogens is 224 g/mol. The number of hydrogen-bond acceptors (Lipinski definition) is 4. The Morgan fingerprint density at radius 3 is 2.72 bits per heavy atom. The lowest BCUT2D eigenvalue weighted by Crippen LogP contribution is -2.25. The molecule has 1 fully saturated rings. The average Bonchev–Trinajstić information content (AvgIpc) is 3.22. The van der Waals surface area contributed by atoms with Crippen molar-refractivity contribution in [3.63, 3.8) is 0 Å². The van der Waals surface area contributed by atoms with E-state index in [0.29, 0.717) is 11.8 Å². The van der Waals surface area contributed by atoms with Crippen LogP contribution in [-0.4, -0.2) is 30.6 Å². The van der Waals surface area contributed by atoms with Crippen LogP contribution in [0.15, 0.2) is 6.07 Å². The molecule has 1 N–H and O–H groups in total. The van der Waals surface area contributed by atoms with Crippen LogP contribution in [0, 0.1) is 5.92 Å². The van der Waals surface area contributed by atoms with Crippen LogP contribution in [0.2, 0.25) is 0 Å². The molecule has 1 aliphatic rings. The molecule has 4 nitrogen and oxygen atoms in total. The van der Waals surface area contributed by atoms with Crippen LogP contribution in [0.5, 0.6) is 0 Å². The first-order chi connectivity index (χ1) is 8.63. The Morgan fingerprint density at radius 1 is 1.44 bits per heavy atom. The van der Waals surface area contributed by atoms with E-state index in [0.717, 1.165) is 24.0 Å². The summed E-state index contributed by atoms with van der Waals surface area (Å²) in [6.45, 7) is 5.55. The van der Waals surface area contributed by atoms with E-state index in [1.807, 2.05) is 13.1 Å². The number of nitrogens with zero attached hydrogens (tertiary/aromatic N) is 3. The summed E-state index contributed by atoms with van der Waals surface area (Å²) < 4.78 is 0. The zero-order valence-electron chi connectivity index (χ0n) is 11.9. The molecule has 1 aromatic rings. The highest BCUT2D eigenvalue weighted by Gasteiger charge is 2.27. The Morgan fingerprint density at radius 2 is 2.17 bits per heavy atom. The minimum Gasteiger partial charge on any atom is -0.373 e. The molecule has 0 bridgehead atoms. The smallest absolute Gasteiger partial charge is 0.136 e. The van der Waals surface area contributed by atoms with E-state index in [1.54, 1.807) is 0 Å². The predicted molar refractivity (Wildman–Crippen MR) is 76.3 cm³/mol. The molecule has 1 heterocycles. The van der Waals surface area contributed by atoms with Crippen molar-refractivity contribution in [2.24, 2.45) is 5.92 Å². The summed E-state index contributed by atoms with van der Waals surface area (Å²) in [7, 11) is 4.03. The van der Waals surface area contributed by atoms with E-state index in [9.17, 15) is 0 Å². The van der Waals surface area contributed by atoms with E-state index in [1.165, 1.54) is 19.3 Å². The van der Waals surface area contributed by atoms with Crippen molar-refractivity contribution in [3.05, 3.63) is 11.9 Å². The molecule has 18 heavy (non-hydrogen) atoms. The van der Waals surface area contributed by atoms with Crippen molar-refractivity contribution in [3.8, 4) is 0 Å². The fourth-order valence-corrected chi connectivity index (χ4v) is 1.99. The van der Waals surface area contributed by atoms with E-state index in [-0.39, 0.29) is 0 Å². The van der Waals surface area contributed by atoms with Crippen LogP contribution < -0.4 is 10.2 Å². The molecule has 4 heteroatoms. The van der Waals surface area contributed by atoms with Gasteiger partial charge in [0.1, 0.15) is 17.5 Å². The van der Waals surface area contributed by atoms with Gasteiger partial charge in [-0.25, -0.2) is 9.97 Å². The maximum absolute atomic E-state index is 4.71. The van der Waals surface area contributed by atoms with Crippen LogP contribution in [0.4, 0.5) is 11.6 Å². The third-order valence-electron chi connectivity index (χ3n) is 3.60. The lowest BCUT2D eigenvalue weighted by molar-refractivity contribution is 0.557. The third-order valence-corrected chi connectivity index (χ3v) is 3.60. The Labute approximate surface area is 110 Å². The molecule has 0 aromatic carbocycles. The normalized spacial score (nSPS) is 16.4. The molecule has 1 unspecified atom stereocenters. The number of hydrogen-bond donors (Lipinski definition) is 1. The summed E-state index contributed by atoms with van der Waals surface area (Å²) in [4.78, 5) is 11.5. The molecule has 1 atom stereocenters. The van der Waals surface area contributed by atoms with Gasteiger partial charge in [0.05, 0.1) is 0 Å². The standard InChI is InChI=1S/C14H24N4/c1-5-10(2)9-18(4)13-8-12(15-3)16-14(17-13)11-6-7-11/h8,10-11H,5-7,9H2,1-4H3,(H,15,16,17). The molecular formula is C14H24N4. The molecule has 0 spiro atoms. The van der Waals surface area contributed by atoms with Crippen LogP contribution in [0.25, 0.3) is 0 Å². The zero-order chi connectivity index (χ0) is 13.1. The van der Waals surface area contributed by atoms with Crippen molar-refractivity contribution in [1.29, 1.82) is 0 Å². The zero-order valence-corrected chi connectivity index (χ0v) is 11.9. The fourth-order valence-electron chi connectivity index (χ4n) is 1.99. The molecule has 0 amide bonds. The quantitative estimate of drug-likeness (QED) is 0.840. The number of nitrogens with one attached hydrogen (secondary N) is 1. The van der Waals surface area contributed by atoms with Crippen LogP contribution in [0.3, 0.4) is 0 Å². The first-order valence-corrected chi connectivity index (χ1v) is 6.91. The summed E-state index contributed by atoms with van der Waals surface area (Å²) in [6.07, 6.45) is 3.67. The van der Waals surface area contributed by atoms with Gasteiger partial charge in [-0.2, -0.15) is 0 Å². The summed E-state index contributed by atoms with van der Waals surface area (Å²) in [5.74, 6) is 4.25. The summed E-state index contributed by atoms with van der Waals surface area (Å²) in [5, 5.41) is 3.13. The highest BCUT2D eigenvalue weighted by Crippen LogP contribution is 2.39. The molecule has 1 aliphatic carbocycles. The largest absolute Gasteiger partial charge is 0.373 e. The highest BCUT2D eigenvalue weighted by atomic mass is 15.2. The van der Waals surface area contributed by atoms with E-state index in [4.69, 9.17) is 4.98 Å². The molecule has 1 saturated carbocycles. The third kappa shape index (κ3) is 3.12. The topological polar surface area (TPSA) is 41.0 Å². The van der Waals surface area contributed by atoms with Gasteiger partial charge in [-0.3, -0.25) is 0 Å². The Bertz CT molecular complexity index is 401. The van der Waals surface area contributed by atoms with Crippen LogP contribution in [-0.2, 0) is 0 Å². The van der Waals surface area contributed by atoms with Gasteiger partial charge in [0.25, 0.3) is 0 Å². The van der Waals surface area contributed by atoms with Crippen molar-refractivity contribution in [1.82, 2.24) is 9.97 Å².